The molecule has 0 radical (unpaired) electrons. The second-order valence-electron chi connectivity index (χ2n) is 27.6. The van der Waals surface area contributed by atoms with Crippen LogP contribution in [0.25, 0.3) is 0 Å². The van der Waals surface area contributed by atoms with E-state index in [1.54, 1.807) is 23.8 Å². The number of hydrogen-bond acceptors (Lipinski definition) is 19. The topological polar surface area (TPSA) is 366 Å². The van der Waals surface area contributed by atoms with Crippen molar-refractivity contribution in [2.75, 3.05) is 115 Å². The Hall–Kier alpha value is -7.34. The summed E-state index contributed by atoms with van der Waals surface area (Å²) in [5, 5.41) is 21.3. The zero-order valence-electron chi connectivity index (χ0n) is 61.9. The summed E-state index contributed by atoms with van der Waals surface area (Å²) in [6.45, 7) is 21.0. The number of Topliss-reactive ketones (excluding diaryl/α,β-unsaturated/α-hetero) is 1. The number of amides is 10. The van der Waals surface area contributed by atoms with Crippen molar-refractivity contribution in [2.24, 2.45) is 35.0 Å². The van der Waals surface area contributed by atoms with Gasteiger partial charge in [0.25, 0.3) is 0 Å². The summed E-state index contributed by atoms with van der Waals surface area (Å²) in [7, 11) is 9.78. The van der Waals surface area contributed by atoms with Crippen LogP contribution in [0.4, 0.5) is 4.79 Å². The molecular weight excluding hydrogens is 1280 g/mol. The van der Waals surface area contributed by atoms with Crippen molar-refractivity contribution in [3.8, 4) is 0 Å². The number of methoxy groups -OCH3 is 3. The Balaban J connectivity index is 1.97. The molecule has 562 valence electrons. The van der Waals surface area contributed by atoms with Crippen LogP contribution >= 0.6 is 0 Å². The van der Waals surface area contributed by atoms with Gasteiger partial charge in [0.15, 0.2) is 5.78 Å². The summed E-state index contributed by atoms with van der Waals surface area (Å²) in [6.07, 6.45) is -1.07. The number of carbonyl (C=O) groups is 12. The maximum absolute atomic E-state index is 14.6. The summed E-state index contributed by atoms with van der Waals surface area (Å²) in [5.74, 6) is -7.43. The molecule has 0 spiro atoms. The highest BCUT2D eigenvalue weighted by Gasteiger charge is 2.44. The van der Waals surface area contributed by atoms with Crippen molar-refractivity contribution < 1.29 is 86.0 Å². The van der Waals surface area contributed by atoms with Crippen LogP contribution in [-0.4, -0.2) is 249 Å². The number of nitrogens with zero attached hydrogens (tertiary/aromatic N) is 3. The van der Waals surface area contributed by atoms with Gasteiger partial charge in [-0.05, 0) is 69.0 Å². The van der Waals surface area contributed by atoms with E-state index in [0.717, 1.165) is 5.56 Å². The SMILES string of the molecule is CC[C@H](C)[C@@H]([C@@H](CC(=O)N1CCC[C@H]1[C@H](OC)[C@@H](C)C(=O)N[C@@H](Cc1ccccc1)C(=O)NCCCOC(=O)[C@H](C)NC(=O)CCNC(=O)OC[C@H](CC(=O)CNC(=O)CCNC(=O)CCOCC(C)(C)C)C(=O)NCCOC)OC)N(C)C(=O)[C@@H](NC(=O)[C@H](C(C)C)N(C)C)C(C)C. The first-order valence-corrected chi connectivity index (χ1v) is 34.7. The molecule has 1 aromatic carbocycles. The molecule has 0 aromatic heterocycles. The molecule has 99 heavy (non-hydrogen) atoms. The Kier molecular flexibility index (Phi) is 40.9. The molecule has 1 heterocycles. The first-order chi connectivity index (χ1) is 46.7. The number of likely N-dealkylation sites (tertiary alicyclic amines) is 1. The smallest absolute Gasteiger partial charge is 0.407 e. The molecule has 1 aliphatic rings. The highest BCUT2D eigenvalue weighted by Crippen LogP contribution is 2.30. The molecule has 0 saturated carbocycles. The van der Waals surface area contributed by atoms with Crippen molar-refractivity contribution in [3.63, 3.8) is 0 Å². The Labute approximate surface area is 586 Å². The molecule has 10 amide bonds. The molecule has 29 heteroatoms. The van der Waals surface area contributed by atoms with E-state index >= 15 is 0 Å². The number of nitrogens with one attached hydrogen (secondary N) is 8. The lowest BCUT2D eigenvalue weighted by Gasteiger charge is -2.41. The quantitative estimate of drug-likeness (QED) is 0.0343. The van der Waals surface area contributed by atoms with Gasteiger partial charge in [-0.25, -0.2) is 9.59 Å². The number of likely N-dealkylation sites (N-methyl/N-ethyl adjacent to an activating group) is 2. The molecule has 8 N–H and O–H groups in total. The Morgan fingerprint density at radius 1 is 0.657 bits per heavy atom. The summed E-state index contributed by atoms with van der Waals surface area (Å²) in [4.78, 5) is 165. The standard InChI is InChI=1S/C70H119N11O18/c1-18-46(6)61(80(14)67(91)59(44(2)3)78-66(90)60(45(4)5)79(12)13)54(95-16)40-58(86)81-34-22-26-53(81)62(96-17)47(7)63(87)77-52(38-49-24-20-19-21-25-49)65(89)72-30-23-35-98-68(92)48(8)76-57(85)28-32-74-69(93)99-42-50(64(88)73-33-37-94-15)39-51(82)41-75-55(83)27-31-71-56(84)29-36-97-43-70(9,10)11/h19-21,24-25,44-48,50,52-54,59-62H,18,22-23,26-43H2,1-17H3,(H,71,84)(H,72,89)(H,73,88)(H,74,93)(H,75,83)(H,76,85)(H,77,87)(H,78,90)/t46-,47+,48-,50-,52-,53-,54+,59-,60-,61-,62+/m0/s1. The van der Waals surface area contributed by atoms with Crippen LogP contribution in [0.15, 0.2) is 30.3 Å². The first-order valence-electron chi connectivity index (χ1n) is 34.7. The van der Waals surface area contributed by atoms with E-state index < -0.39 is 127 Å². The van der Waals surface area contributed by atoms with E-state index in [-0.39, 0.29) is 131 Å². The summed E-state index contributed by atoms with van der Waals surface area (Å²) in [6, 6.07) is 4.62. The Bertz CT molecular complexity index is 2710. The lowest BCUT2D eigenvalue weighted by molar-refractivity contribution is -0.148. The maximum Gasteiger partial charge on any atom is 0.407 e. The largest absolute Gasteiger partial charge is 0.464 e. The van der Waals surface area contributed by atoms with Crippen LogP contribution < -0.4 is 42.5 Å². The monoisotopic (exact) mass is 1400 g/mol. The van der Waals surface area contributed by atoms with Crippen LogP contribution in [0.3, 0.4) is 0 Å². The molecular formula is C70H119N11O18. The van der Waals surface area contributed by atoms with Crippen molar-refractivity contribution in [1.29, 1.82) is 0 Å². The highest BCUT2D eigenvalue weighted by atomic mass is 16.6. The fraction of sp³-hybridized carbons (Fsp3) is 0.743. The van der Waals surface area contributed by atoms with E-state index in [2.05, 4.69) is 42.5 Å². The molecule has 11 atom stereocenters. The third kappa shape index (κ3) is 32.7. The number of alkyl carbamates (subject to hydrolysis) is 1. The molecule has 0 unspecified atom stereocenters. The molecule has 1 aliphatic heterocycles. The lowest BCUT2D eigenvalue weighted by Crippen LogP contribution is -2.59. The average molecular weight is 1400 g/mol. The number of hydrogen-bond donors (Lipinski definition) is 8. The Morgan fingerprint density at radius 3 is 1.91 bits per heavy atom. The maximum atomic E-state index is 14.6. The van der Waals surface area contributed by atoms with Gasteiger partial charge < -0.3 is 80.8 Å². The first kappa shape index (κ1) is 87.7. The predicted octanol–water partition coefficient (Wildman–Crippen LogP) is 2.44. The van der Waals surface area contributed by atoms with Crippen LogP contribution in [0.1, 0.15) is 140 Å². The molecule has 1 saturated heterocycles. The summed E-state index contributed by atoms with van der Waals surface area (Å²) in [5.41, 5.74) is 0.731. The fourth-order valence-corrected chi connectivity index (χ4v) is 11.6. The van der Waals surface area contributed by atoms with Gasteiger partial charge >= 0.3 is 12.1 Å². The van der Waals surface area contributed by atoms with Gasteiger partial charge in [-0.2, -0.15) is 0 Å². The van der Waals surface area contributed by atoms with Crippen molar-refractivity contribution in [1.82, 2.24) is 57.2 Å². The minimum Gasteiger partial charge on any atom is -0.464 e. The van der Waals surface area contributed by atoms with E-state index in [1.807, 2.05) is 112 Å². The Morgan fingerprint density at radius 2 is 1.30 bits per heavy atom. The number of benzene rings is 1. The second kappa shape index (κ2) is 46.2. The number of rotatable bonds is 47. The normalized spacial score (nSPS) is 16.1. The molecule has 2 rings (SSSR count). The van der Waals surface area contributed by atoms with Crippen LogP contribution in [-0.2, 0) is 87.6 Å². The van der Waals surface area contributed by atoms with Crippen molar-refractivity contribution in [3.05, 3.63) is 35.9 Å². The van der Waals surface area contributed by atoms with Gasteiger partial charge in [0.05, 0.1) is 81.6 Å². The fourth-order valence-electron chi connectivity index (χ4n) is 11.6. The van der Waals surface area contributed by atoms with Crippen LogP contribution in [0, 0.1) is 35.0 Å². The molecule has 29 nitrogen and oxygen atoms in total. The molecule has 1 fully saturated rings. The van der Waals surface area contributed by atoms with Crippen LogP contribution in [0.5, 0.6) is 0 Å². The third-order valence-corrected chi connectivity index (χ3v) is 17.1. The molecule has 0 bridgehead atoms. The van der Waals surface area contributed by atoms with Gasteiger partial charge in [0.2, 0.25) is 53.2 Å². The second-order valence-corrected chi connectivity index (χ2v) is 27.6. The predicted molar refractivity (Wildman–Crippen MR) is 371 cm³/mol. The number of ketones is 1. The highest BCUT2D eigenvalue weighted by molar-refractivity contribution is 5.92. The summed E-state index contributed by atoms with van der Waals surface area (Å²) < 4.78 is 33.2. The summed E-state index contributed by atoms with van der Waals surface area (Å²) >= 11 is 0. The lowest BCUT2D eigenvalue weighted by atomic mass is 9.89. The van der Waals surface area contributed by atoms with Gasteiger partial charge in [-0.3, -0.25) is 52.8 Å². The van der Waals surface area contributed by atoms with Gasteiger partial charge in [0, 0.05) is 93.2 Å². The van der Waals surface area contributed by atoms with E-state index in [9.17, 15) is 57.5 Å². The third-order valence-electron chi connectivity index (χ3n) is 17.1. The van der Waals surface area contributed by atoms with E-state index in [1.165, 1.54) is 28.3 Å². The zero-order valence-corrected chi connectivity index (χ0v) is 61.9. The van der Waals surface area contributed by atoms with Gasteiger partial charge in [-0.15, -0.1) is 0 Å². The molecule has 1 aromatic rings. The van der Waals surface area contributed by atoms with Crippen molar-refractivity contribution in [2.45, 2.75) is 189 Å². The zero-order chi connectivity index (χ0) is 74.5. The average Bonchev–Trinajstić information content (AvgIpc) is 1.80. The molecule has 0 aliphatic carbocycles. The number of carbonyl (C=O) groups excluding carboxylic acids is 12. The van der Waals surface area contributed by atoms with E-state index in [4.69, 9.17) is 28.4 Å². The van der Waals surface area contributed by atoms with E-state index in [0.29, 0.717) is 32.4 Å². The minimum absolute atomic E-state index is 0.0103. The number of esters is 1. The number of ether oxygens (including phenoxy) is 6. The minimum atomic E-state index is -1.14. The van der Waals surface area contributed by atoms with Gasteiger partial charge in [-0.1, -0.05) is 106 Å². The van der Waals surface area contributed by atoms with Crippen molar-refractivity contribution >= 4 is 71.0 Å². The van der Waals surface area contributed by atoms with Crippen LogP contribution in [0.2, 0.25) is 0 Å². The van der Waals surface area contributed by atoms with Gasteiger partial charge in [0.1, 0.15) is 24.7 Å².